The molecule has 2 rings (SSSR count). The summed E-state index contributed by atoms with van der Waals surface area (Å²) in [4.78, 5) is 20.2. The van der Waals surface area contributed by atoms with Crippen molar-refractivity contribution in [1.82, 2.24) is 20.1 Å². The van der Waals surface area contributed by atoms with Crippen LogP contribution in [-0.4, -0.2) is 67.0 Å². The summed E-state index contributed by atoms with van der Waals surface area (Å²) >= 11 is 0. The number of carbonyl (C=O) groups is 1. The largest absolute Gasteiger partial charge is 0.340 e. The second-order valence-corrected chi connectivity index (χ2v) is 4.77. The van der Waals surface area contributed by atoms with Crippen LogP contribution in [0.2, 0.25) is 0 Å². The van der Waals surface area contributed by atoms with Gasteiger partial charge in [0.15, 0.2) is 0 Å². The van der Waals surface area contributed by atoms with Crippen molar-refractivity contribution in [2.75, 3.05) is 40.3 Å². The van der Waals surface area contributed by atoms with E-state index in [1.54, 1.807) is 29.4 Å². The predicted molar refractivity (Wildman–Crippen MR) is 70.5 cm³/mol. The molecule has 1 aromatic rings. The van der Waals surface area contributed by atoms with Crippen LogP contribution >= 0.6 is 0 Å². The van der Waals surface area contributed by atoms with Gasteiger partial charge in [0.25, 0.3) is 5.91 Å². The van der Waals surface area contributed by atoms with Gasteiger partial charge in [-0.05, 0) is 19.2 Å². The van der Waals surface area contributed by atoms with Crippen molar-refractivity contribution in [3.8, 4) is 0 Å². The van der Waals surface area contributed by atoms with Crippen LogP contribution in [0.25, 0.3) is 0 Å². The molecule has 5 heteroatoms. The summed E-state index contributed by atoms with van der Waals surface area (Å²) in [5.74, 6) is 0.0297. The number of carbonyl (C=O) groups excluding carboxylic acids is 1. The minimum absolute atomic E-state index is 0.0297. The highest BCUT2D eigenvalue weighted by Crippen LogP contribution is 2.06. The summed E-state index contributed by atoms with van der Waals surface area (Å²) in [5, 5.41) is 3.36. The van der Waals surface area contributed by atoms with E-state index in [2.05, 4.69) is 22.2 Å². The van der Waals surface area contributed by atoms with Crippen LogP contribution in [-0.2, 0) is 0 Å². The Balaban J connectivity index is 1.95. The lowest BCUT2D eigenvalue weighted by molar-refractivity contribution is 0.0728. The molecule has 0 spiro atoms. The third kappa shape index (κ3) is 3.05. The number of hydrogen-bond acceptors (Lipinski definition) is 4. The van der Waals surface area contributed by atoms with Crippen molar-refractivity contribution in [2.24, 2.45) is 0 Å². The first-order chi connectivity index (χ1) is 8.68. The summed E-state index contributed by atoms with van der Waals surface area (Å²) in [6, 6.07) is 3.97. The van der Waals surface area contributed by atoms with Crippen LogP contribution < -0.4 is 5.32 Å². The Kier molecular flexibility index (Phi) is 4.28. The van der Waals surface area contributed by atoms with Crippen LogP contribution in [0.15, 0.2) is 24.5 Å². The first-order valence-corrected chi connectivity index (χ1v) is 6.25. The zero-order chi connectivity index (χ0) is 13.0. The van der Waals surface area contributed by atoms with Gasteiger partial charge in [0.05, 0.1) is 5.56 Å². The molecule has 0 saturated carbocycles. The number of nitrogens with zero attached hydrogens (tertiary/aromatic N) is 3. The molecule has 0 aromatic carbocycles. The molecule has 98 valence electrons. The Morgan fingerprint density at radius 2 is 2.50 bits per heavy atom. The van der Waals surface area contributed by atoms with Crippen molar-refractivity contribution in [3.63, 3.8) is 0 Å². The second-order valence-electron chi connectivity index (χ2n) is 4.77. The fraction of sp³-hybridized carbons (Fsp3) is 0.538. The van der Waals surface area contributed by atoms with E-state index in [9.17, 15) is 4.79 Å². The van der Waals surface area contributed by atoms with Crippen LogP contribution in [0.5, 0.6) is 0 Å². The second kappa shape index (κ2) is 5.93. The number of likely N-dealkylation sites (N-methyl/N-ethyl adjacent to an activating group) is 2. The van der Waals surface area contributed by atoms with Gasteiger partial charge in [-0.3, -0.25) is 14.7 Å². The normalized spacial score (nSPS) is 20.7. The predicted octanol–water partition coefficient (Wildman–Crippen LogP) is 0.0572. The van der Waals surface area contributed by atoms with E-state index in [4.69, 9.17) is 0 Å². The molecule has 1 aliphatic heterocycles. The molecule has 1 N–H and O–H groups in total. The number of pyridine rings is 1. The Morgan fingerprint density at radius 3 is 3.17 bits per heavy atom. The van der Waals surface area contributed by atoms with E-state index in [1.807, 2.05) is 7.05 Å². The van der Waals surface area contributed by atoms with E-state index in [0.717, 1.165) is 26.2 Å². The molecule has 0 radical (unpaired) electrons. The van der Waals surface area contributed by atoms with Gasteiger partial charge in [-0.15, -0.1) is 0 Å². The summed E-state index contributed by atoms with van der Waals surface area (Å²) in [5.41, 5.74) is 0.645. The zero-order valence-corrected chi connectivity index (χ0v) is 11.0. The number of rotatable bonds is 3. The molecule has 5 nitrogen and oxygen atoms in total. The highest BCUT2D eigenvalue weighted by Gasteiger charge is 2.22. The van der Waals surface area contributed by atoms with Crippen LogP contribution in [0.3, 0.4) is 0 Å². The maximum absolute atomic E-state index is 12.2. The van der Waals surface area contributed by atoms with Gasteiger partial charge in [-0.25, -0.2) is 0 Å². The van der Waals surface area contributed by atoms with E-state index < -0.39 is 0 Å². The molecule has 0 aliphatic carbocycles. The average molecular weight is 248 g/mol. The smallest absolute Gasteiger partial charge is 0.255 e. The van der Waals surface area contributed by atoms with Gasteiger partial charge < -0.3 is 10.2 Å². The van der Waals surface area contributed by atoms with Gasteiger partial charge >= 0.3 is 0 Å². The minimum Gasteiger partial charge on any atom is -0.340 e. The maximum Gasteiger partial charge on any atom is 0.255 e. The summed E-state index contributed by atoms with van der Waals surface area (Å²) in [7, 11) is 3.95. The Bertz CT molecular complexity index is 395. The highest BCUT2D eigenvalue weighted by atomic mass is 16.2. The third-order valence-electron chi connectivity index (χ3n) is 3.38. The van der Waals surface area contributed by atoms with E-state index in [0.29, 0.717) is 11.6 Å². The van der Waals surface area contributed by atoms with Gasteiger partial charge in [0.2, 0.25) is 0 Å². The minimum atomic E-state index is 0.0297. The van der Waals surface area contributed by atoms with Gasteiger partial charge in [-0.2, -0.15) is 0 Å². The van der Waals surface area contributed by atoms with E-state index in [1.165, 1.54) is 0 Å². The van der Waals surface area contributed by atoms with Gasteiger partial charge in [-0.1, -0.05) is 0 Å². The maximum atomic E-state index is 12.2. The zero-order valence-electron chi connectivity index (χ0n) is 11.0. The van der Waals surface area contributed by atoms with E-state index >= 15 is 0 Å². The molecule has 1 fully saturated rings. The summed E-state index contributed by atoms with van der Waals surface area (Å²) in [6.45, 7) is 3.71. The molecule has 1 amide bonds. The van der Waals surface area contributed by atoms with Crippen molar-refractivity contribution in [2.45, 2.75) is 6.04 Å². The molecular formula is C13H20N4O. The molecule has 1 unspecified atom stereocenters. The Labute approximate surface area is 108 Å². The van der Waals surface area contributed by atoms with Crippen LogP contribution in [0.1, 0.15) is 10.4 Å². The molecule has 1 aromatic heterocycles. The molecule has 1 saturated heterocycles. The van der Waals surface area contributed by atoms with Crippen LogP contribution in [0.4, 0.5) is 0 Å². The topological polar surface area (TPSA) is 48.5 Å². The van der Waals surface area contributed by atoms with E-state index in [-0.39, 0.29) is 5.91 Å². The summed E-state index contributed by atoms with van der Waals surface area (Å²) < 4.78 is 0. The lowest BCUT2D eigenvalue weighted by Gasteiger charge is -2.35. The number of nitrogens with one attached hydrogen (secondary N) is 1. The SMILES string of the molecule is CN(CC1CNCCN1C)C(=O)c1cccnc1. The lowest BCUT2D eigenvalue weighted by Crippen LogP contribution is -2.54. The molecular weight excluding hydrogens is 228 g/mol. The lowest BCUT2D eigenvalue weighted by atomic mass is 10.2. The van der Waals surface area contributed by atoms with Crippen molar-refractivity contribution in [3.05, 3.63) is 30.1 Å². The quantitative estimate of drug-likeness (QED) is 0.821. The number of piperazine rings is 1. The number of amides is 1. The monoisotopic (exact) mass is 248 g/mol. The highest BCUT2D eigenvalue weighted by molar-refractivity contribution is 5.93. The number of hydrogen-bond donors (Lipinski definition) is 1. The van der Waals surface area contributed by atoms with Gasteiger partial charge in [0, 0.05) is 51.7 Å². The molecule has 2 heterocycles. The Hall–Kier alpha value is -1.46. The Morgan fingerprint density at radius 1 is 1.67 bits per heavy atom. The standard InChI is InChI=1S/C13H20N4O/c1-16-7-6-15-9-12(16)10-17(2)13(18)11-4-3-5-14-8-11/h3-5,8,12,15H,6-7,9-10H2,1-2H3. The molecule has 18 heavy (non-hydrogen) atoms. The fourth-order valence-electron chi connectivity index (χ4n) is 2.18. The molecule has 1 aliphatic rings. The first-order valence-electron chi connectivity index (χ1n) is 6.25. The molecule has 1 atom stereocenters. The third-order valence-corrected chi connectivity index (χ3v) is 3.38. The number of aromatic nitrogens is 1. The first kappa shape index (κ1) is 13.0. The van der Waals surface area contributed by atoms with Crippen LogP contribution in [0, 0.1) is 0 Å². The van der Waals surface area contributed by atoms with Gasteiger partial charge in [0.1, 0.15) is 0 Å². The fourth-order valence-corrected chi connectivity index (χ4v) is 2.18. The molecule has 0 bridgehead atoms. The van der Waals surface area contributed by atoms with Crippen molar-refractivity contribution < 1.29 is 4.79 Å². The summed E-state index contributed by atoms with van der Waals surface area (Å²) in [6.07, 6.45) is 3.29. The van der Waals surface area contributed by atoms with Crippen molar-refractivity contribution >= 4 is 5.91 Å². The van der Waals surface area contributed by atoms with Crippen molar-refractivity contribution in [1.29, 1.82) is 0 Å². The average Bonchev–Trinajstić information content (AvgIpc) is 2.41.